The number of anilines is 1. The summed E-state index contributed by atoms with van der Waals surface area (Å²) in [5.41, 5.74) is 4.27. The molecule has 0 bridgehead atoms. The van der Waals surface area contributed by atoms with Crippen LogP contribution in [-0.4, -0.2) is 34.8 Å². The van der Waals surface area contributed by atoms with Gasteiger partial charge in [-0.05, 0) is 43.2 Å². The van der Waals surface area contributed by atoms with Crippen molar-refractivity contribution in [3.63, 3.8) is 0 Å². The fraction of sp³-hybridized carbons (Fsp3) is 0.565. The number of aryl methyl sites for hydroxylation is 1. The molecule has 170 valence electrons. The first-order valence-electron chi connectivity index (χ1n) is 10.7. The van der Waals surface area contributed by atoms with Crippen LogP contribution in [0.5, 0.6) is 0 Å². The van der Waals surface area contributed by atoms with Crippen molar-refractivity contribution in [1.82, 2.24) is 5.43 Å². The Bertz CT molecular complexity index is 826. The molecule has 7 nitrogen and oxygen atoms in total. The molecule has 0 aliphatic carbocycles. The molecule has 0 saturated heterocycles. The van der Waals surface area contributed by atoms with Crippen LogP contribution in [0.1, 0.15) is 53.0 Å². The summed E-state index contributed by atoms with van der Waals surface area (Å²) in [6.07, 6.45) is 1.04. The van der Waals surface area contributed by atoms with Gasteiger partial charge in [0.15, 0.2) is 5.12 Å². The summed E-state index contributed by atoms with van der Waals surface area (Å²) in [5.74, 6) is -1.70. The summed E-state index contributed by atoms with van der Waals surface area (Å²) < 4.78 is 5.03. The van der Waals surface area contributed by atoms with Crippen LogP contribution >= 0.6 is 11.8 Å². The van der Waals surface area contributed by atoms with Gasteiger partial charge in [-0.25, -0.2) is 5.01 Å². The Labute approximate surface area is 188 Å². The van der Waals surface area contributed by atoms with Crippen molar-refractivity contribution >= 4 is 40.3 Å². The third-order valence-corrected chi connectivity index (χ3v) is 6.81. The first-order valence-corrected chi connectivity index (χ1v) is 11.6. The highest BCUT2D eigenvalue weighted by molar-refractivity contribution is 8.14. The van der Waals surface area contributed by atoms with Crippen LogP contribution in [0, 0.1) is 17.8 Å². The van der Waals surface area contributed by atoms with Crippen molar-refractivity contribution in [2.24, 2.45) is 17.8 Å². The van der Waals surface area contributed by atoms with Crippen molar-refractivity contribution in [2.45, 2.75) is 59.1 Å². The molecule has 0 unspecified atom stereocenters. The summed E-state index contributed by atoms with van der Waals surface area (Å²) in [4.78, 5) is 50.4. The van der Waals surface area contributed by atoms with E-state index < -0.39 is 23.0 Å². The number of carbonyl (C=O) groups excluding carboxylic acids is 4. The molecule has 2 amide bonds. The van der Waals surface area contributed by atoms with Gasteiger partial charge in [-0.2, -0.15) is 0 Å². The first kappa shape index (κ1) is 24.9. The molecule has 1 N–H and O–H groups in total. The third kappa shape index (κ3) is 6.56. The number of rotatable bonds is 8. The highest BCUT2D eigenvalue weighted by atomic mass is 32.2. The lowest BCUT2D eigenvalue weighted by atomic mass is 9.94. The fourth-order valence-electron chi connectivity index (χ4n) is 3.52. The van der Waals surface area contributed by atoms with Crippen LogP contribution in [0.25, 0.3) is 0 Å². The molecule has 1 aliphatic heterocycles. The summed E-state index contributed by atoms with van der Waals surface area (Å²) >= 11 is 0.975. The number of amides is 2. The normalized spacial score (nSPS) is 18.1. The zero-order valence-corrected chi connectivity index (χ0v) is 19.7. The Morgan fingerprint density at radius 1 is 1.23 bits per heavy atom. The van der Waals surface area contributed by atoms with Crippen molar-refractivity contribution < 1.29 is 23.9 Å². The Hall–Kier alpha value is -2.35. The van der Waals surface area contributed by atoms with Crippen LogP contribution < -0.4 is 10.4 Å². The molecule has 1 aliphatic rings. The van der Waals surface area contributed by atoms with E-state index in [9.17, 15) is 19.2 Å². The number of thioether (sulfide) groups is 1. The molecule has 1 aromatic rings. The lowest BCUT2D eigenvalue weighted by Crippen LogP contribution is -2.53. The minimum atomic E-state index is -0.635. The standard InChI is InChI=1S/C23H32N2O5S/c1-6-30-20(27)13-18-12-11-17-9-7-8-10-19(17)25(23(18)29)24-22(28)21(31-16(5)26)15(4)14(2)3/h7-10,14-15,18,21H,6,11-13H2,1-5H3,(H,24,28)/t15-,18-,21-/m0/s1. The van der Waals surface area contributed by atoms with E-state index in [0.717, 1.165) is 17.3 Å². The van der Waals surface area contributed by atoms with Crippen molar-refractivity contribution in [3.8, 4) is 0 Å². The predicted octanol–water partition coefficient (Wildman–Crippen LogP) is 3.51. The molecule has 0 radical (unpaired) electrons. The second-order valence-electron chi connectivity index (χ2n) is 8.16. The maximum atomic E-state index is 13.4. The van der Waals surface area contributed by atoms with E-state index in [2.05, 4.69) is 5.43 Å². The maximum Gasteiger partial charge on any atom is 0.306 e. The van der Waals surface area contributed by atoms with E-state index in [1.54, 1.807) is 19.1 Å². The topological polar surface area (TPSA) is 92.8 Å². The van der Waals surface area contributed by atoms with Crippen LogP contribution in [0.3, 0.4) is 0 Å². The molecule has 3 atom stereocenters. The fourth-order valence-corrected chi connectivity index (χ4v) is 4.57. The smallest absolute Gasteiger partial charge is 0.306 e. The largest absolute Gasteiger partial charge is 0.466 e. The average Bonchev–Trinajstić information content (AvgIpc) is 2.83. The average molecular weight is 449 g/mol. The second-order valence-corrected chi connectivity index (χ2v) is 9.47. The number of hydrogen-bond acceptors (Lipinski definition) is 6. The molecular formula is C23H32N2O5S. The molecule has 8 heteroatoms. The minimum Gasteiger partial charge on any atom is -0.466 e. The third-order valence-electron chi connectivity index (χ3n) is 5.59. The Balaban J connectivity index is 2.34. The van der Waals surface area contributed by atoms with Gasteiger partial charge in [0.1, 0.15) is 0 Å². The van der Waals surface area contributed by atoms with Gasteiger partial charge in [0.25, 0.3) is 5.91 Å². The molecule has 0 fully saturated rings. The van der Waals surface area contributed by atoms with Crippen LogP contribution in [0.4, 0.5) is 5.69 Å². The molecule has 0 saturated carbocycles. The van der Waals surface area contributed by atoms with Gasteiger partial charge in [0.2, 0.25) is 5.91 Å². The summed E-state index contributed by atoms with van der Waals surface area (Å²) in [7, 11) is 0. The number of fused-ring (bicyclic) bond motifs is 1. The minimum absolute atomic E-state index is 0.0406. The molecule has 1 aromatic carbocycles. The number of benzene rings is 1. The van der Waals surface area contributed by atoms with E-state index in [-0.39, 0.29) is 35.9 Å². The highest BCUT2D eigenvalue weighted by Crippen LogP contribution is 2.31. The SMILES string of the molecule is CCOC(=O)C[C@@H]1CCc2ccccc2N(NC(=O)[C@@H](SC(C)=O)[C@@H](C)C(C)C)C1=O. The van der Waals surface area contributed by atoms with E-state index in [0.29, 0.717) is 18.5 Å². The lowest BCUT2D eigenvalue weighted by Gasteiger charge is -2.30. The van der Waals surface area contributed by atoms with E-state index >= 15 is 0 Å². The Morgan fingerprint density at radius 2 is 1.90 bits per heavy atom. The van der Waals surface area contributed by atoms with E-state index in [1.807, 2.05) is 32.9 Å². The van der Waals surface area contributed by atoms with Gasteiger partial charge in [-0.3, -0.25) is 24.6 Å². The van der Waals surface area contributed by atoms with Gasteiger partial charge < -0.3 is 4.74 Å². The van der Waals surface area contributed by atoms with Crippen LogP contribution in [0.15, 0.2) is 24.3 Å². The quantitative estimate of drug-likeness (QED) is 0.612. The summed E-state index contributed by atoms with van der Waals surface area (Å²) in [6.45, 7) is 9.31. The molecule has 1 heterocycles. The molecule has 2 rings (SSSR count). The Morgan fingerprint density at radius 3 is 2.52 bits per heavy atom. The van der Waals surface area contributed by atoms with Crippen molar-refractivity contribution in [3.05, 3.63) is 29.8 Å². The number of ether oxygens (including phenoxy) is 1. The molecule has 0 aromatic heterocycles. The predicted molar refractivity (Wildman–Crippen MR) is 121 cm³/mol. The lowest BCUT2D eigenvalue weighted by molar-refractivity contribution is -0.146. The van der Waals surface area contributed by atoms with Crippen LogP contribution in [0.2, 0.25) is 0 Å². The van der Waals surface area contributed by atoms with Gasteiger partial charge in [-0.15, -0.1) is 0 Å². The number of carbonyl (C=O) groups is 4. The molecule has 31 heavy (non-hydrogen) atoms. The van der Waals surface area contributed by atoms with Gasteiger partial charge in [0, 0.05) is 6.92 Å². The number of hydrazine groups is 1. The number of esters is 1. The summed E-state index contributed by atoms with van der Waals surface area (Å²) in [5, 5.41) is 0.467. The monoisotopic (exact) mass is 448 g/mol. The first-order chi connectivity index (χ1) is 14.6. The second kappa shape index (κ2) is 11.3. The van der Waals surface area contributed by atoms with Gasteiger partial charge in [-0.1, -0.05) is 50.7 Å². The van der Waals surface area contributed by atoms with Crippen LogP contribution in [-0.2, 0) is 30.3 Å². The highest BCUT2D eigenvalue weighted by Gasteiger charge is 2.36. The number of para-hydroxylation sites is 1. The van der Waals surface area contributed by atoms with Crippen molar-refractivity contribution in [1.29, 1.82) is 0 Å². The number of nitrogens with one attached hydrogen (secondary N) is 1. The van der Waals surface area contributed by atoms with Crippen molar-refractivity contribution in [2.75, 3.05) is 11.6 Å². The molecule has 0 spiro atoms. The molecular weight excluding hydrogens is 416 g/mol. The van der Waals surface area contributed by atoms with Gasteiger partial charge in [0.05, 0.1) is 29.9 Å². The maximum absolute atomic E-state index is 13.4. The number of hydrogen-bond donors (Lipinski definition) is 1. The zero-order valence-electron chi connectivity index (χ0n) is 18.8. The van der Waals surface area contributed by atoms with E-state index in [1.165, 1.54) is 11.9 Å². The van der Waals surface area contributed by atoms with E-state index in [4.69, 9.17) is 4.74 Å². The zero-order chi connectivity index (χ0) is 23.1. The van der Waals surface area contributed by atoms with Gasteiger partial charge >= 0.3 is 5.97 Å². The number of nitrogens with zero attached hydrogens (tertiary/aromatic N) is 1. The summed E-state index contributed by atoms with van der Waals surface area (Å²) in [6, 6.07) is 7.37. The Kier molecular flexibility index (Phi) is 9.10.